The molecule has 0 bridgehead atoms. The zero-order valence-electron chi connectivity index (χ0n) is 17.1. The van der Waals surface area contributed by atoms with E-state index in [4.69, 9.17) is 38.0 Å². The summed E-state index contributed by atoms with van der Waals surface area (Å²) in [6.07, 6.45) is 5.63. The van der Waals surface area contributed by atoms with Crippen LogP contribution >= 0.6 is 30.8 Å². The number of rotatable bonds is 12. The highest BCUT2D eigenvalue weighted by Crippen LogP contribution is 2.47. The average Bonchev–Trinajstić information content (AvgIpc) is 2.67. The zero-order chi connectivity index (χ0) is 22.1. The van der Waals surface area contributed by atoms with Crippen molar-refractivity contribution in [1.82, 2.24) is 10.6 Å². The number of nitrogens with one attached hydrogen (secondary N) is 2. The van der Waals surface area contributed by atoms with Crippen LogP contribution in [-0.2, 0) is 18.4 Å². The van der Waals surface area contributed by atoms with E-state index in [0.717, 1.165) is 17.8 Å². The molecule has 0 fully saturated rings. The van der Waals surface area contributed by atoms with Gasteiger partial charge in [-0.3, -0.25) is 9.36 Å². The van der Waals surface area contributed by atoms with Gasteiger partial charge in [0.15, 0.2) is 0 Å². The number of carbonyl (C=O) groups excluding carboxylic acids is 1. The standard InChI is InChI=1S/C20H28Cl2N3O4P/c1-3-28-30(27,29-4-2)12-11-24-14-7-5-8-15(13-14)25-19(20(23)26)18-16(21)9-6-10-17(18)22/h6-7,9-10,13,19,24-25H,3-5,8,11-12H2,1-2H3,(H2,23,26). The lowest BCUT2D eigenvalue weighted by molar-refractivity contribution is -0.120. The van der Waals surface area contributed by atoms with Gasteiger partial charge in [-0.2, -0.15) is 0 Å². The van der Waals surface area contributed by atoms with Crippen molar-refractivity contribution < 1.29 is 18.4 Å². The van der Waals surface area contributed by atoms with E-state index < -0.39 is 19.5 Å². The van der Waals surface area contributed by atoms with Crippen LogP contribution in [-0.4, -0.2) is 31.8 Å². The molecular weight excluding hydrogens is 448 g/mol. The van der Waals surface area contributed by atoms with Crippen LogP contribution in [0.5, 0.6) is 0 Å². The molecule has 1 aromatic carbocycles. The smallest absolute Gasteiger partial charge is 0.332 e. The van der Waals surface area contributed by atoms with Gasteiger partial charge in [-0.15, -0.1) is 0 Å². The van der Waals surface area contributed by atoms with Crippen molar-refractivity contribution in [2.24, 2.45) is 5.73 Å². The second kappa shape index (κ2) is 11.8. The monoisotopic (exact) mass is 475 g/mol. The van der Waals surface area contributed by atoms with Crippen molar-refractivity contribution in [3.05, 3.63) is 57.4 Å². The van der Waals surface area contributed by atoms with E-state index in [0.29, 0.717) is 41.8 Å². The number of amides is 1. The third-order valence-electron chi connectivity index (χ3n) is 4.38. The van der Waals surface area contributed by atoms with Gasteiger partial charge < -0.3 is 25.4 Å². The van der Waals surface area contributed by atoms with Crippen molar-refractivity contribution in [2.75, 3.05) is 25.9 Å². The minimum atomic E-state index is -3.11. The first-order chi connectivity index (χ1) is 14.3. The minimum absolute atomic E-state index is 0.252. The Morgan fingerprint density at radius 3 is 2.43 bits per heavy atom. The highest BCUT2D eigenvalue weighted by atomic mass is 35.5. The van der Waals surface area contributed by atoms with Crippen LogP contribution in [0.2, 0.25) is 10.0 Å². The largest absolute Gasteiger partial charge is 0.385 e. The number of carbonyl (C=O) groups is 1. The molecule has 0 heterocycles. The fraction of sp³-hybridized carbons (Fsp3) is 0.450. The Balaban J connectivity index is 2.06. The number of benzene rings is 1. The molecule has 1 aromatic rings. The second-order valence-electron chi connectivity index (χ2n) is 6.58. The first-order valence-electron chi connectivity index (χ1n) is 9.82. The van der Waals surface area contributed by atoms with Gasteiger partial charge in [0.2, 0.25) is 5.91 Å². The molecule has 0 aliphatic heterocycles. The van der Waals surface area contributed by atoms with E-state index in [2.05, 4.69) is 10.6 Å². The molecular formula is C20H28Cl2N3O4P. The number of halogens is 2. The third kappa shape index (κ3) is 7.03. The van der Waals surface area contributed by atoms with Gasteiger partial charge in [-0.25, -0.2) is 0 Å². The molecule has 0 saturated heterocycles. The number of hydrogen-bond acceptors (Lipinski definition) is 6. The fourth-order valence-corrected chi connectivity index (χ4v) is 5.21. The predicted octanol–water partition coefficient (Wildman–Crippen LogP) is 4.53. The molecule has 10 heteroatoms. The zero-order valence-corrected chi connectivity index (χ0v) is 19.5. The van der Waals surface area contributed by atoms with E-state index in [-0.39, 0.29) is 6.16 Å². The molecule has 1 atom stereocenters. The van der Waals surface area contributed by atoms with Crippen molar-refractivity contribution in [3.63, 3.8) is 0 Å². The van der Waals surface area contributed by atoms with Gasteiger partial charge in [-0.05, 0) is 44.9 Å². The lowest BCUT2D eigenvalue weighted by Crippen LogP contribution is -2.34. The summed E-state index contributed by atoms with van der Waals surface area (Å²) in [5.41, 5.74) is 7.72. The first kappa shape index (κ1) is 24.8. The fourth-order valence-electron chi connectivity index (χ4n) is 3.09. The van der Waals surface area contributed by atoms with Crippen molar-refractivity contribution in [3.8, 4) is 0 Å². The molecule has 0 aromatic heterocycles. The van der Waals surface area contributed by atoms with E-state index in [1.54, 1.807) is 32.0 Å². The van der Waals surface area contributed by atoms with E-state index in [1.807, 2.05) is 12.2 Å². The van der Waals surface area contributed by atoms with Crippen LogP contribution in [0.3, 0.4) is 0 Å². The van der Waals surface area contributed by atoms with Crippen LogP contribution in [0, 0.1) is 0 Å². The van der Waals surface area contributed by atoms with Gasteiger partial charge in [0, 0.05) is 33.5 Å². The Morgan fingerprint density at radius 2 is 1.87 bits per heavy atom. The number of allylic oxidation sites excluding steroid dienone is 3. The first-order valence-corrected chi connectivity index (χ1v) is 12.3. The lowest BCUT2D eigenvalue weighted by Gasteiger charge is -2.24. The second-order valence-corrected chi connectivity index (χ2v) is 9.58. The van der Waals surface area contributed by atoms with Gasteiger partial charge in [-0.1, -0.05) is 35.3 Å². The summed E-state index contributed by atoms with van der Waals surface area (Å²) >= 11 is 12.5. The Labute approximate surface area is 187 Å². The molecule has 1 aliphatic carbocycles. The molecule has 30 heavy (non-hydrogen) atoms. The van der Waals surface area contributed by atoms with E-state index >= 15 is 0 Å². The SMILES string of the molecule is CCOP(=O)(CCNC1=CCCC(NC(C(N)=O)c2c(Cl)cccc2Cl)=C1)OCC. The Morgan fingerprint density at radius 1 is 1.23 bits per heavy atom. The molecule has 0 radical (unpaired) electrons. The maximum Gasteiger partial charge on any atom is 0.332 e. The highest BCUT2D eigenvalue weighted by Gasteiger charge is 2.25. The predicted molar refractivity (Wildman–Crippen MR) is 121 cm³/mol. The molecule has 166 valence electrons. The molecule has 0 saturated carbocycles. The van der Waals surface area contributed by atoms with Crippen molar-refractivity contribution in [1.29, 1.82) is 0 Å². The topological polar surface area (TPSA) is 103 Å². The van der Waals surface area contributed by atoms with Crippen LogP contribution < -0.4 is 16.4 Å². The molecule has 1 amide bonds. The molecule has 1 aliphatic rings. The van der Waals surface area contributed by atoms with Crippen molar-refractivity contribution >= 4 is 36.7 Å². The Bertz CT molecular complexity index is 830. The average molecular weight is 476 g/mol. The lowest BCUT2D eigenvalue weighted by atomic mass is 10.0. The maximum absolute atomic E-state index is 12.6. The maximum atomic E-state index is 12.6. The molecule has 1 unspecified atom stereocenters. The summed E-state index contributed by atoms with van der Waals surface area (Å²) in [6.45, 7) is 4.64. The summed E-state index contributed by atoms with van der Waals surface area (Å²) in [5.74, 6) is -0.579. The third-order valence-corrected chi connectivity index (χ3v) is 7.11. The Kier molecular flexibility index (Phi) is 9.72. The summed E-state index contributed by atoms with van der Waals surface area (Å²) < 4.78 is 23.2. The number of hydrogen-bond donors (Lipinski definition) is 3. The molecule has 2 rings (SSSR count). The van der Waals surface area contributed by atoms with Crippen LogP contribution in [0.25, 0.3) is 0 Å². The van der Waals surface area contributed by atoms with E-state index in [9.17, 15) is 9.36 Å². The van der Waals surface area contributed by atoms with Crippen LogP contribution in [0.15, 0.2) is 41.7 Å². The summed E-state index contributed by atoms with van der Waals surface area (Å²) in [6, 6.07) is 4.18. The van der Waals surface area contributed by atoms with Gasteiger partial charge >= 0.3 is 7.60 Å². The van der Waals surface area contributed by atoms with Gasteiger partial charge in [0.1, 0.15) is 6.04 Å². The van der Waals surface area contributed by atoms with Crippen LogP contribution in [0.4, 0.5) is 0 Å². The summed E-state index contributed by atoms with van der Waals surface area (Å²) in [7, 11) is -3.11. The minimum Gasteiger partial charge on any atom is -0.385 e. The normalized spacial score (nSPS) is 15.2. The molecule has 0 spiro atoms. The van der Waals surface area contributed by atoms with Crippen LogP contribution in [0.1, 0.15) is 38.3 Å². The van der Waals surface area contributed by atoms with Crippen molar-refractivity contribution in [2.45, 2.75) is 32.7 Å². The molecule has 4 N–H and O–H groups in total. The van der Waals surface area contributed by atoms with E-state index in [1.165, 1.54) is 0 Å². The Hall–Kier alpha value is -1.50. The summed E-state index contributed by atoms with van der Waals surface area (Å²) in [4.78, 5) is 12.1. The number of nitrogens with two attached hydrogens (primary N) is 1. The van der Waals surface area contributed by atoms with Gasteiger partial charge in [0.05, 0.1) is 19.4 Å². The summed E-state index contributed by atoms with van der Waals surface area (Å²) in [5, 5.41) is 7.13. The number of primary amides is 1. The van der Waals surface area contributed by atoms with Gasteiger partial charge in [0.25, 0.3) is 0 Å². The highest BCUT2D eigenvalue weighted by molar-refractivity contribution is 7.53. The quantitative estimate of drug-likeness (QED) is 0.383. The molecule has 7 nitrogen and oxygen atoms in total.